The number of methoxy groups -OCH3 is 1. The molecule has 0 aliphatic heterocycles. The summed E-state index contributed by atoms with van der Waals surface area (Å²) >= 11 is 0. The predicted octanol–water partition coefficient (Wildman–Crippen LogP) is 2.39. The van der Waals surface area contributed by atoms with Gasteiger partial charge in [0.2, 0.25) is 0 Å². The van der Waals surface area contributed by atoms with Crippen LogP contribution in [0.1, 0.15) is 11.5 Å². The van der Waals surface area contributed by atoms with Gasteiger partial charge in [0.15, 0.2) is 23.2 Å². The molecule has 28 heavy (non-hydrogen) atoms. The van der Waals surface area contributed by atoms with E-state index in [2.05, 4.69) is 25.1 Å². The second kappa shape index (κ2) is 8.13. The zero-order chi connectivity index (χ0) is 19.3. The zero-order valence-electron chi connectivity index (χ0n) is 15.8. The number of aromatic nitrogens is 7. The Balaban J connectivity index is 1.50. The summed E-state index contributed by atoms with van der Waals surface area (Å²) < 4.78 is 15.1. The Labute approximate surface area is 162 Å². The third-order valence-electron chi connectivity index (χ3n) is 4.37. The van der Waals surface area contributed by atoms with Crippen molar-refractivity contribution < 1.29 is 9.15 Å². The maximum Gasteiger partial charge on any atom is 0.195 e. The first-order valence-electron chi connectivity index (χ1n) is 9.01. The molecule has 0 saturated carbocycles. The molecule has 0 unspecified atom stereocenters. The molecule has 9 nitrogen and oxygen atoms in total. The first kappa shape index (κ1) is 18.1. The van der Waals surface area contributed by atoms with Gasteiger partial charge in [0, 0.05) is 50.9 Å². The number of hydrogen-bond donors (Lipinski definition) is 0. The van der Waals surface area contributed by atoms with Crippen molar-refractivity contribution >= 4 is 0 Å². The van der Waals surface area contributed by atoms with E-state index in [-0.39, 0.29) is 0 Å². The molecule has 144 valence electrons. The van der Waals surface area contributed by atoms with Gasteiger partial charge in [-0.2, -0.15) is 0 Å². The summed E-state index contributed by atoms with van der Waals surface area (Å²) in [5.41, 5.74) is 0.891. The minimum Gasteiger partial charge on any atom is -0.449 e. The van der Waals surface area contributed by atoms with Gasteiger partial charge in [0.1, 0.15) is 12.2 Å². The molecule has 0 fully saturated rings. The first-order valence-corrected chi connectivity index (χ1v) is 9.01. The quantitative estimate of drug-likeness (QED) is 0.464. The van der Waals surface area contributed by atoms with Crippen molar-refractivity contribution in [3.63, 3.8) is 0 Å². The average molecular weight is 379 g/mol. The molecule has 4 aromatic heterocycles. The minimum atomic E-state index is 0.565. The summed E-state index contributed by atoms with van der Waals surface area (Å²) in [6.07, 6.45) is 7.86. The Morgan fingerprint density at radius 2 is 1.93 bits per heavy atom. The van der Waals surface area contributed by atoms with E-state index in [1.54, 1.807) is 25.8 Å². The first-order chi connectivity index (χ1) is 13.7. The van der Waals surface area contributed by atoms with Crippen LogP contribution < -0.4 is 0 Å². The van der Waals surface area contributed by atoms with Gasteiger partial charge in [-0.25, -0.2) is 15.0 Å². The molecular weight excluding hydrogens is 358 g/mol. The zero-order valence-corrected chi connectivity index (χ0v) is 15.8. The van der Waals surface area contributed by atoms with Gasteiger partial charge in [0.25, 0.3) is 0 Å². The molecule has 0 aliphatic carbocycles. The van der Waals surface area contributed by atoms with E-state index in [1.165, 1.54) is 0 Å². The third-order valence-corrected chi connectivity index (χ3v) is 4.37. The molecule has 0 N–H and O–H groups in total. The van der Waals surface area contributed by atoms with Crippen LogP contribution in [0.2, 0.25) is 0 Å². The SMILES string of the molecule is COCCn1cnnc1CCn1ccnc1-c1ccc(-c2nccc(C)n2)o1. The lowest BCUT2D eigenvalue weighted by Gasteiger charge is -2.08. The van der Waals surface area contributed by atoms with E-state index in [4.69, 9.17) is 9.15 Å². The molecule has 0 radical (unpaired) electrons. The molecule has 0 atom stereocenters. The van der Waals surface area contributed by atoms with Crippen molar-refractivity contribution in [3.8, 4) is 23.2 Å². The van der Waals surface area contributed by atoms with Crippen LogP contribution in [0.5, 0.6) is 0 Å². The van der Waals surface area contributed by atoms with Crippen LogP contribution in [-0.4, -0.2) is 48.0 Å². The van der Waals surface area contributed by atoms with Crippen LogP contribution in [0.25, 0.3) is 23.2 Å². The molecule has 0 bridgehead atoms. The summed E-state index contributed by atoms with van der Waals surface area (Å²) in [6.45, 7) is 3.98. The van der Waals surface area contributed by atoms with Crippen molar-refractivity contribution in [2.24, 2.45) is 0 Å². The molecule has 0 aromatic carbocycles. The van der Waals surface area contributed by atoms with Crippen molar-refractivity contribution in [3.05, 3.63) is 54.6 Å². The predicted molar refractivity (Wildman–Crippen MR) is 101 cm³/mol. The van der Waals surface area contributed by atoms with Crippen molar-refractivity contribution in [1.29, 1.82) is 0 Å². The van der Waals surface area contributed by atoms with Crippen LogP contribution in [-0.2, 0) is 24.2 Å². The normalized spacial score (nSPS) is 11.2. The van der Waals surface area contributed by atoms with Crippen LogP contribution >= 0.6 is 0 Å². The average Bonchev–Trinajstić information content (AvgIpc) is 3.44. The second-order valence-corrected chi connectivity index (χ2v) is 6.31. The Bertz CT molecular complexity index is 1050. The van der Waals surface area contributed by atoms with E-state index in [0.717, 1.165) is 30.3 Å². The Kier molecular flexibility index (Phi) is 5.24. The van der Waals surface area contributed by atoms with E-state index >= 15 is 0 Å². The molecule has 9 heteroatoms. The van der Waals surface area contributed by atoms with E-state index < -0.39 is 0 Å². The van der Waals surface area contributed by atoms with Crippen LogP contribution in [0.3, 0.4) is 0 Å². The number of rotatable bonds is 8. The number of ether oxygens (including phenoxy) is 1. The largest absolute Gasteiger partial charge is 0.449 e. The van der Waals surface area contributed by atoms with Crippen molar-refractivity contribution in [2.45, 2.75) is 26.4 Å². The van der Waals surface area contributed by atoms with Gasteiger partial charge in [-0.3, -0.25) is 0 Å². The topological polar surface area (TPSA) is 96.7 Å². The highest BCUT2D eigenvalue weighted by molar-refractivity contribution is 5.56. The molecule has 0 spiro atoms. The van der Waals surface area contributed by atoms with Gasteiger partial charge in [-0.05, 0) is 25.1 Å². The number of furan rings is 1. The second-order valence-electron chi connectivity index (χ2n) is 6.31. The Hall–Kier alpha value is -3.33. The number of aryl methyl sites for hydroxylation is 3. The fraction of sp³-hybridized carbons (Fsp3) is 0.316. The summed E-state index contributed by atoms with van der Waals surface area (Å²) in [4.78, 5) is 13.1. The fourth-order valence-electron chi connectivity index (χ4n) is 2.93. The lowest BCUT2D eigenvalue weighted by Crippen LogP contribution is -2.10. The van der Waals surface area contributed by atoms with Gasteiger partial charge in [-0.15, -0.1) is 10.2 Å². The monoisotopic (exact) mass is 379 g/mol. The highest BCUT2D eigenvalue weighted by Gasteiger charge is 2.14. The summed E-state index contributed by atoms with van der Waals surface area (Å²) in [6, 6.07) is 5.61. The number of hydrogen-bond acceptors (Lipinski definition) is 7. The standard InChI is InChI=1S/C19H21N7O2/c1-14-5-7-20-18(23-14)15-3-4-16(28-15)19-21-8-10-25(19)9-6-17-24-22-13-26(17)11-12-27-2/h3-5,7-8,10,13H,6,9,11-12H2,1-2H3. The maximum atomic E-state index is 5.97. The van der Waals surface area contributed by atoms with Gasteiger partial charge in [-0.1, -0.05) is 0 Å². The Morgan fingerprint density at radius 3 is 2.79 bits per heavy atom. The van der Waals surface area contributed by atoms with Crippen molar-refractivity contribution in [1.82, 2.24) is 34.3 Å². The van der Waals surface area contributed by atoms with Crippen LogP contribution in [0, 0.1) is 6.92 Å². The molecule has 0 amide bonds. The van der Waals surface area contributed by atoms with Crippen LogP contribution in [0.4, 0.5) is 0 Å². The molecule has 4 aromatic rings. The highest BCUT2D eigenvalue weighted by atomic mass is 16.5. The summed E-state index contributed by atoms with van der Waals surface area (Å²) in [7, 11) is 1.68. The summed E-state index contributed by atoms with van der Waals surface area (Å²) in [5.74, 6) is 3.51. The van der Waals surface area contributed by atoms with E-state index in [1.807, 2.05) is 40.5 Å². The molecule has 4 heterocycles. The maximum absolute atomic E-state index is 5.97. The smallest absolute Gasteiger partial charge is 0.195 e. The van der Waals surface area contributed by atoms with Crippen LogP contribution in [0.15, 0.2) is 47.5 Å². The lowest BCUT2D eigenvalue weighted by molar-refractivity contribution is 0.186. The Morgan fingerprint density at radius 1 is 1.04 bits per heavy atom. The minimum absolute atomic E-state index is 0.565. The fourth-order valence-corrected chi connectivity index (χ4v) is 2.93. The number of imidazole rings is 1. The highest BCUT2D eigenvalue weighted by Crippen LogP contribution is 2.25. The van der Waals surface area contributed by atoms with E-state index in [0.29, 0.717) is 30.5 Å². The van der Waals surface area contributed by atoms with Gasteiger partial charge in [0.05, 0.1) is 6.61 Å². The molecule has 4 rings (SSSR count). The molecule has 0 saturated heterocycles. The molecular formula is C19H21N7O2. The lowest BCUT2D eigenvalue weighted by atomic mass is 10.3. The van der Waals surface area contributed by atoms with Gasteiger partial charge < -0.3 is 18.3 Å². The number of nitrogens with zero attached hydrogens (tertiary/aromatic N) is 7. The van der Waals surface area contributed by atoms with Crippen molar-refractivity contribution in [2.75, 3.05) is 13.7 Å². The third kappa shape index (κ3) is 3.84. The van der Waals surface area contributed by atoms with E-state index in [9.17, 15) is 0 Å². The molecule has 0 aliphatic rings. The van der Waals surface area contributed by atoms with Gasteiger partial charge >= 0.3 is 0 Å². The summed E-state index contributed by atoms with van der Waals surface area (Å²) in [5, 5.41) is 8.21.